The van der Waals surface area contributed by atoms with Crippen LogP contribution in [-0.4, -0.2) is 32.3 Å². The van der Waals surface area contributed by atoms with Crippen LogP contribution in [0.15, 0.2) is 84.9 Å². The van der Waals surface area contributed by atoms with Crippen molar-refractivity contribution in [3.8, 4) is 5.75 Å². The molecule has 2 atom stereocenters. The molecule has 0 saturated carbocycles. The van der Waals surface area contributed by atoms with Crippen LogP contribution in [0.1, 0.15) is 45.0 Å². The summed E-state index contributed by atoms with van der Waals surface area (Å²) in [6.45, 7) is 3.68. The highest BCUT2D eigenvalue weighted by atomic mass is 16.5. The molecule has 1 N–H and O–H groups in total. The van der Waals surface area contributed by atoms with Gasteiger partial charge >= 0.3 is 5.97 Å². The van der Waals surface area contributed by atoms with Gasteiger partial charge in [-0.3, -0.25) is 0 Å². The summed E-state index contributed by atoms with van der Waals surface area (Å²) in [5, 5.41) is 6.22. The van der Waals surface area contributed by atoms with Crippen molar-refractivity contribution < 1.29 is 14.3 Å². The number of aryl methyl sites for hydroxylation is 1. The van der Waals surface area contributed by atoms with Crippen LogP contribution in [-0.2, 0) is 11.2 Å². The van der Waals surface area contributed by atoms with Crippen molar-refractivity contribution in [2.24, 2.45) is 0 Å². The smallest absolute Gasteiger partial charge is 0.337 e. The zero-order valence-corrected chi connectivity index (χ0v) is 20.3. The van der Waals surface area contributed by atoms with Gasteiger partial charge < -0.3 is 14.8 Å². The van der Waals surface area contributed by atoms with Gasteiger partial charge in [0.05, 0.1) is 12.7 Å². The Kier molecular flexibility index (Phi) is 6.82. The molecular formula is C31H31NO3. The fraction of sp³-hybridized carbons (Fsp3) is 0.258. The zero-order valence-electron chi connectivity index (χ0n) is 20.3. The maximum Gasteiger partial charge on any atom is 0.337 e. The minimum atomic E-state index is -0.304. The van der Waals surface area contributed by atoms with Gasteiger partial charge in [-0.2, -0.15) is 0 Å². The first-order chi connectivity index (χ1) is 17.1. The number of hydrogen-bond donors (Lipinski definition) is 1. The number of fused-ring (bicyclic) bond motifs is 2. The Hall–Kier alpha value is -3.63. The third-order valence-corrected chi connectivity index (χ3v) is 6.83. The van der Waals surface area contributed by atoms with Crippen molar-refractivity contribution in [3.63, 3.8) is 0 Å². The summed E-state index contributed by atoms with van der Waals surface area (Å²) in [6, 6.07) is 29.3. The lowest BCUT2D eigenvalue weighted by molar-refractivity contribution is 0.0600. The summed E-state index contributed by atoms with van der Waals surface area (Å²) in [6.07, 6.45) is 1.86. The number of ether oxygens (including phenoxy) is 2. The van der Waals surface area contributed by atoms with Gasteiger partial charge in [-0.15, -0.1) is 0 Å². The number of carbonyl (C=O) groups is 1. The van der Waals surface area contributed by atoms with Crippen LogP contribution in [0.4, 0.5) is 0 Å². The van der Waals surface area contributed by atoms with Crippen LogP contribution in [0, 0.1) is 6.92 Å². The first-order valence-corrected chi connectivity index (χ1v) is 12.2. The predicted molar refractivity (Wildman–Crippen MR) is 140 cm³/mol. The molecule has 0 aliphatic carbocycles. The van der Waals surface area contributed by atoms with Gasteiger partial charge in [-0.25, -0.2) is 4.79 Å². The molecule has 0 fully saturated rings. The van der Waals surface area contributed by atoms with E-state index in [0.717, 1.165) is 42.8 Å². The van der Waals surface area contributed by atoms with E-state index in [1.165, 1.54) is 29.0 Å². The molecule has 1 aliphatic heterocycles. The van der Waals surface area contributed by atoms with Gasteiger partial charge in [0.1, 0.15) is 11.9 Å². The number of methoxy groups -OCH3 is 1. The standard InChI is InChI=1S/C31H31NO3/c1-21-16-24(18-25(17-21)31(33)34-2)29-19-26(35-30-13-6-5-12-28(29)30)20-32-15-14-23-10-7-9-22-8-3-4-11-27(22)23/h3-13,16-18,26,29,32H,14-15,19-20H2,1-2H3. The lowest BCUT2D eigenvalue weighted by Crippen LogP contribution is -2.36. The van der Waals surface area contributed by atoms with Gasteiger partial charge in [0.25, 0.3) is 0 Å². The molecule has 1 aliphatic rings. The summed E-state index contributed by atoms with van der Waals surface area (Å²) < 4.78 is 11.4. The van der Waals surface area contributed by atoms with Gasteiger partial charge in [-0.05, 0) is 72.0 Å². The fourth-order valence-electron chi connectivity index (χ4n) is 5.18. The lowest BCUT2D eigenvalue weighted by atomic mass is 9.83. The largest absolute Gasteiger partial charge is 0.489 e. The van der Waals surface area contributed by atoms with E-state index >= 15 is 0 Å². The number of nitrogens with one attached hydrogen (secondary N) is 1. The number of benzene rings is 4. The van der Waals surface area contributed by atoms with Crippen molar-refractivity contribution in [1.82, 2.24) is 5.32 Å². The van der Waals surface area contributed by atoms with Crippen molar-refractivity contribution >= 4 is 16.7 Å². The van der Waals surface area contributed by atoms with Gasteiger partial charge in [-0.1, -0.05) is 66.7 Å². The van der Waals surface area contributed by atoms with E-state index in [4.69, 9.17) is 9.47 Å². The second-order valence-corrected chi connectivity index (χ2v) is 9.28. The van der Waals surface area contributed by atoms with Crippen LogP contribution in [0.3, 0.4) is 0 Å². The number of para-hydroxylation sites is 1. The van der Waals surface area contributed by atoms with Gasteiger partial charge in [0, 0.05) is 18.0 Å². The quantitative estimate of drug-likeness (QED) is 0.267. The van der Waals surface area contributed by atoms with Crippen molar-refractivity contribution in [3.05, 3.63) is 113 Å². The molecule has 178 valence electrons. The maximum atomic E-state index is 12.2. The first-order valence-electron chi connectivity index (χ1n) is 12.2. The Labute approximate surface area is 206 Å². The van der Waals surface area contributed by atoms with Gasteiger partial charge in [0.2, 0.25) is 0 Å². The Morgan fingerprint density at radius 1 is 1.00 bits per heavy atom. The number of hydrogen-bond acceptors (Lipinski definition) is 4. The molecule has 4 heteroatoms. The van der Waals surface area contributed by atoms with E-state index in [9.17, 15) is 4.79 Å². The van der Waals surface area contributed by atoms with Crippen LogP contribution < -0.4 is 10.1 Å². The molecule has 0 spiro atoms. The SMILES string of the molecule is COC(=O)c1cc(C)cc(C2CC(CNCCc3cccc4ccccc34)Oc3ccccc32)c1. The Morgan fingerprint density at radius 3 is 2.69 bits per heavy atom. The van der Waals surface area contributed by atoms with E-state index < -0.39 is 0 Å². The second kappa shape index (κ2) is 10.3. The summed E-state index contributed by atoms with van der Waals surface area (Å²) >= 11 is 0. The highest BCUT2D eigenvalue weighted by Gasteiger charge is 2.29. The topological polar surface area (TPSA) is 47.6 Å². The third kappa shape index (κ3) is 5.08. The molecule has 0 bridgehead atoms. The van der Waals surface area contributed by atoms with E-state index in [2.05, 4.69) is 66.0 Å². The molecule has 1 heterocycles. The van der Waals surface area contributed by atoms with Crippen LogP contribution in [0.25, 0.3) is 10.8 Å². The minimum absolute atomic E-state index is 0.0458. The molecule has 2 unspecified atom stereocenters. The Balaban J connectivity index is 1.30. The maximum absolute atomic E-state index is 12.2. The van der Waals surface area contributed by atoms with Crippen LogP contribution in [0.5, 0.6) is 5.75 Å². The second-order valence-electron chi connectivity index (χ2n) is 9.28. The Bertz CT molecular complexity index is 1340. The summed E-state index contributed by atoms with van der Waals surface area (Å²) in [5.74, 6) is 0.779. The van der Waals surface area contributed by atoms with E-state index in [0.29, 0.717) is 5.56 Å². The predicted octanol–water partition coefficient (Wildman–Crippen LogP) is 6.05. The molecule has 0 amide bonds. The van der Waals surface area contributed by atoms with E-state index in [-0.39, 0.29) is 18.0 Å². The lowest BCUT2D eigenvalue weighted by Gasteiger charge is -2.33. The van der Waals surface area contributed by atoms with Crippen molar-refractivity contribution in [2.75, 3.05) is 20.2 Å². The molecular weight excluding hydrogens is 434 g/mol. The molecule has 4 aromatic rings. The molecule has 4 aromatic carbocycles. The zero-order chi connectivity index (χ0) is 24.2. The van der Waals surface area contributed by atoms with Crippen LogP contribution >= 0.6 is 0 Å². The van der Waals surface area contributed by atoms with Crippen molar-refractivity contribution in [1.29, 1.82) is 0 Å². The number of esters is 1. The normalized spacial score (nSPS) is 17.0. The monoisotopic (exact) mass is 465 g/mol. The minimum Gasteiger partial charge on any atom is -0.489 e. The molecule has 0 saturated heterocycles. The molecule has 4 nitrogen and oxygen atoms in total. The third-order valence-electron chi connectivity index (χ3n) is 6.83. The Morgan fingerprint density at radius 2 is 1.80 bits per heavy atom. The molecule has 0 radical (unpaired) electrons. The molecule has 0 aromatic heterocycles. The number of carbonyl (C=O) groups excluding carboxylic acids is 1. The van der Waals surface area contributed by atoms with Gasteiger partial charge in [0.15, 0.2) is 0 Å². The van der Waals surface area contributed by atoms with E-state index in [1.54, 1.807) is 0 Å². The average Bonchev–Trinajstić information content (AvgIpc) is 2.90. The highest BCUT2D eigenvalue weighted by molar-refractivity contribution is 5.90. The van der Waals surface area contributed by atoms with Crippen molar-refractivity contribution in [2.45, 2.75) is 31.8 Å². The first kappa shape index (κ1) is 23.1. The highest BCUT2D eigenvalue weighted by Crippen LogP contribution is 2.40. The summed E-state index contributed by atoms with van der Waals surface area (Å²) in [7, 11) is 1.42. The molecule has 5 rings (SSSR count). The summed E-state index contributed by atoms with van der Waals surface area (Å²) in [4.78, 5) is 12.2. The summed E-state index contributed by atoms with van der Waals surface area (Å²) in [5.41, 5.74) is 5.30. The van der Waals surface area contributed by atoms with E-state index in [1.807, 2.05) is 31.2 Å². The number of rotatable bonds is 7. The fourth-order valence-corrected chi connectivity index (χ4v) is 5.18. The average molecular weight is 466 g/mol. The van der Waals surface area contributed by atoms with Crippen LogP contribution in [0.2, 0.25) is 0 Å². The molecule has 35 heavy (non-hydrogen) atoms.